The average molecular weight is 366 g/mol. The molecule has 0 aliphatic heterocycles. The quantitative estimate of drug-likeness (QED) is 0.748. The molecule has 0 aromatic heterocycles. The van der Waals surface area contributed by atoms with Crippen LogP contribution in [0.3, 0.4) is 0 Å². The van der Waals surface area contributed by atoms with Gasteiger partial charge in [-0.05, 0) is 48.9 Å². The molecule has 21 heavy (non-hydrogen) atoms. The minimum absolute atomic E-state index is 0.567. The van der Waals surface area contributed by atoms with Crippen LogP contribution in [0.2, 0.25) is 5.02 Å². The molecule has 0 saturated heterocycles. The van der Waals surface area contributed by atoms with Crippen molar-refractivity contribution in [3.05, 3.63) is 68.7 Å². The van der Waals surface area contributed by atoms with E-state index in [0.717, 1.165) is 15.6 Å². The molecule has 1 N–H and O–H groups in total. The van der Waals surface area contributed by atoms with Gasteiger partial charge in [0, 0.05) is 15.1 Å². The van der Waals surface area contributed by atoms with Gasteiger partial charge in [0.25, 0.3) is 0 Å². The molecule has 3 rings (SSSR count). The molecule has 0 radical (unpaired) electrons. The van der Waals surface area contributed by atoms with Crippen LogP contribution >= 0.6 is 27.5 Å². The predicted octanol–water partition coefficient (Wildman–Crippen LogP) is 5.63. The van der Waals surface area contributed by atoms with Gasteiger partial charge in [0.05, 0.1) is 0 Å². The second kappa shape index (κ2) is 5.75. The van der Waals surface area contributed by atoms with Crippen molar-refractivity contribution in [2.75, 3.05) is 0 Å². The van der Waals surface area contributed by atoms with E-state index in [4.69, 9.17) is 11.6 Å². The minimum atomic E-state index is -1.09. The van der Waals surface area contributed by atoms with Crippen LogP contribution in [0.25, 0.3) is 0 Å². The Kier molecular flexibility index (Phi) is 4.13. The van der Waals surface area contributed by atoms with Crippen molar-refractivity contribution in [1.82, 2.24) is 0 Å². The van der Waals surface area contributed by atoms with Crippen molar-refractivity contribution in [2.24, 2.45) is 0 Å². The molecule has 1 nitrogen and oxygen atoms in total. The Hall–Kier alpha value is -0.830. The first-order valence-corrected chi connectivity index (χ1v) is 8.44. The molecule has 1 saturated carbocycles. The minimum Gasteiger partial charge on any atom is -0.381 e. The summed E-state index contributed by atoms with van der Waals surface area (Å²) in [5.41, 5.74) is 1.89. The van der Waals surface area contributed by atoms with Crippen LogP contribution in [0, 0.1) is 0 Å². The summed E-state index contributed by atoms with van der Waals surface area (Å²) in [4.78, 5) is 0. The van der Waals surface area contributed by atoms with E-state index in [-0.39, 0.29) is 0 Å². The highest BCUT2D eigenvalue weighted by Crippen LogP contribution is 2.39. The summed E-state index contributed by atoms with van der Waals surface area (Å²) >= 11 is 9.68. The van der Waals surface area contributed by atoms with Crippen molar-refractivity contribution in [1.29, 1.82) is 0 Å². The summed E-state index contributed by atoms with van der Waals surface area (Å²) in [7, 11) is 0. The van der Waals surface area contributed by atoms with Crippen LogP contribution in [0.5, 0.6) is 0 Å². The number of benzene rings is 2. The zero-order valence-corrected chi connectivity index (χ0v) is 14.3. The van der Waals surface area contributed by atoms with Crippen LogP contribution in [0.15, 0.2) is 46.9 Å². The van der Waals surface area contributed by atoms with E-state index in [2.05, 4.69) is 28.1 Å². The third-order valence-electron chi connectivity index (χ3n) is 4.50. The smallest absolute Gasteiger partial charge is 0.113 e. The second-order valence-corrected chi connectivity index (χ2v) is 7.27. The molecule has 0 spiro atoms. The zero-order chi connectivity index (χ0) is 15.0. The summed E-state index contributed by atoms with van der Waals surface area (Å²) in [5.74, 6) is 0.709. The van der Waals surface area contributed by atoms with E-state index < -0.39 is 5.60 Å². The van der Waals surface area contributed by atoms with E-state index in [0.29, 0.717) is 10.9 Å². The van der Waals surface area contributed by atoms with Crippen LogP contribution in [-0.2, 0) is 5.60 Å². The van der Waals surface area contributed by atoms with Gasteiger partial charge < -0.3 is 5.11 Å². The fraction of sp³-hybridized carbons (Fsp3) is 0.333. The van der Waals surface area contributed by atoms with E-state index in [1.165, 1.54) is 24.8 Å². The molecule has 0 heterocycles. The van der Waals surface area contributed by atoms with E-state index in [9.17, 15) is 5.11 Å². The van der Waals surface area contributed by atoms with Crippen molar-refractivity contribution in [3.8, 4) is 0 Å². The largest absolute Gasteiger partial charge is 0.381 e. The molecule has 3 heteroatoms. The molecule has 1 aliphatic rings. The normalized spacial score (nSPS) is 18.1. The topological polar surface area (TPSA) is 20.2 Å². The van der Waals surface area contributed by atoms with Gasteiger partial charge in [-0.15, -0.1) is 0 Å². The Morgan fingerprint density at radius 1 is 1.14 bits per heavy atom. The number of hydrogen-bond donors (Lipinski definition) is 1. The first-order valence-electron chi connectivity index (χ1n) is 7.27. The average Bonchev–Trinajstić information content (AvgIpc) is 2.37. The summed E-state index contributed by atoms with van der Waals surface area (Å²) < 4.78 is 0.910. The molecular formula is C18H18BrClO. The molecule has 2 aromatic carbocycles. The highest BCUT2D eigenvalue weighted by Gasteiger charge is 2.28. The molecular weight excluding hydrogens is 348 g/mol. The van der Waals surface area contributed by atoms with Crippen LogP contribution < -0.4 is 0 Å². The predicted molar refractivity (Wildman–Crippen MR) is 90.9 cm³/mol. The van der Waals surface area contributed by atoms with Gasteiger partial charge in [-0.25, -0.2) is 0 Å². The Bertz CT molecular complexity index is 645. The molecule has 110 valence electrons. The van der Waals surface area contributed by atoms with Crippen LogP contribution in [-0.4, -0.2) is 5.11 Å². The van der Waals surface area contributed by atoms with Gasteiger partial charge in [0.15, 0.2) is 0 Å². The fourth-order valence-electron chi connectivity index (χ4n) is 2.86. The summed E-state index contributed by atoms with van der Waals surface area (Å²) in [5, 5.41) is 11.5. The maximum atomic E-state index is 10.9. The van der Waals surface area contributed by atoms with Gasteiger partial charge in [-0.1, -0.05) is 64.3 Å². The molecule has 1 atom stereocenters. The molecule has 1 aliphatic carbocycles. The van der Waals surface area contributed by atoms with Gasteiger partial charge in [-0.2, -0.15) is 0 Å². The lowest BCUT2D eigenvalue weighted by molar-refractivity contribution is 0.102. The molecule has 2 aromatic rings. The first kappa shape index (κ1) is 15.1. The van der Waals surface area contributed by atoms with Crippen LogP contribution in [0.4, 0.5) is 0 Å². The number of aliphatic hydroxyl groups is 1. The highest BCUT2D eigenvalue weighted by atomic mass is 79.9. The summed E-state index contributed by atoms with van der Waals surface area (Å²) in [6.45, 7) is 1.79. The monoisotopic (exact) mass is 364 g/mol. The molecule has 0 bridgehead atoms. The lowest BCUT2D eigenvalue weighted by Crippen LogP contribution is -2.23. The van der Waals surface area contributed by atoms with Crippen molar-refractivity contribution in [2.45, 2.75) is 37.7 Å². The summed E-state index contributed by atoms with van der Waals surface area (Å²) in [6, 6.07) is 13.9. The third-order valence-corrected chi connectivity index (χ3v) is 5.31. The van der Waals surface area contributed by atoms with Crippen LogP contribution in [0.1, 0.15) is 48.8 Å². The van der Waals surface area contributed by atoms with Gasteiger partial charge in [0.1, 0.15) is 5.60 Å². The number of hydrogen-bond acceptors (Lipinski definition) is 1. The first-order chi connectivity index (χ1) is 9.98. The van der Waals surface area contributed by atoms with Gasteiger partial charge in [-0.3, -0.25) is 0 Å². The standard InChI is InChI=1S/C18H18BrClO/c1-18(21,16-10-9-15(19)11-17(16)20)14-7-5-13(6-8-14)12-3-2-4-12/h5-12,21H,2-4H2,1H3. The SMILES string of the molecule is CC(O)(c1ccc(C2CCC2)cc1)c1ccc(Br)cc1Cl. The Balaban J connectivity index is 1.93. The fourth-order valence-corrected chi connectivity index (χ4v) is 3.72. The number of rotatable bonds is 3. The Labute approximate surface area is 139 Å². The maximum Gasteiger partial charge on any atom is 0.113 e. The van der Waals surface area contributed by atoms with Crippen molar-refractivity contribution >= 4 is 27.5 Å². The van der Waals surface area contributed by atoms with Gasteiger partial charge >= 0.3 is 0 Å². The second-order valence-electron chi connectivity index (χ2n) is 5.95. The molecule has 1 fully saturated rings. The Morgan fingerprint density at radius 3 is 2.33 bits per heavy atom. The molecule has 1 unspecified atom stereocenters. The number of halogens is 2. The van der Waals surface area contributed by atoms with E-state index >= 15 is 0 Å². The third kappa shape index (κ3) is 2.90. The zero-order valence-electron chi connectivity index (χ0n) is 11.9. The van der Waals surface area contributed by atoms with E-state index in [1.807, 2.05) is 30.3 Å². The maximum absolute atomic E-state index is 10.9. The van der Waals surface area contributed by atoms with E-state index in [1.54, 1.807) is 6.92 Å². The lowest BCUT2D eigenvalue weighted by Gasteiger charge is -2.28. The Morgan fingerprint density at radius 2 is 1.81 bits per heavy atom. The summed E-state index contributed by atoms with van der Waals surface area (Å²) in [6.07, 6.45) is 3.90. The molecule has 0 amide bonds. The van der Waals surface area contributed by atoms with Gasteiger partial charge in [0.2, 0.25) is 0 Å². The van der Waals surface area contributed by atoms with Crippen molar-refractivity contribution < 1.29 is 5.11 Å². The lowest BCUT2D eigenvalue weighted by atomic mass is 9.79. The highest BCUT2D eigenvalue weighted by molar-refractivity contribution is 9.10. The van der Waals surface area contributed by atoms with Crippen molar-refractivity contribution in [3.63, 3.8) is 0 Å².